The third kappa shape index (κ3) is 5.62. The molecule has 136 valence electrons. The molecular formula is C20H30N4O. The Morgan fingerprint density at radius 2 is 1.92 bits per heavy atom. The molecule has 3 N–H and O–H groups in total. The Labute approximate surface area is 151 Å². The molecule has 1 aromatic rings. The smallest absolute Gasteiger partial charge is 0.224 e. The van der Waals surface area contributed by atoms with Gasteiger partial charge in [0.05, 0.1) is 12.0 Å². The normalized spacial score (nSPS) is 15.9. The lowest BCUT2D eigenvalue weighted by Crippen LogP contribution is -2.45. The molecule has 0 atom stereocenters. The third-order valence-electron chi connectivity index (χ3n) is 4.50. The van der Waals surface area contributed by atoms with Crippen LogP contribution in [0, 0.1) is 5.41 Å². The van der Waals surface area contributed by atoms with Gasteiger partial charge in [-0.3, -0.25) is 9.79 Å². The van der Waals surface area contributed by atoms with Crippen molar-refractivity contribution < 1.29 is 4.79 Å². The molecule has 0 aliphatic carbocycles. The van der Waals surface area contributed by atoms with Crippen molar-refractivity contribution >= 4 is 17.9 Å². The Balaban J connectivity index is 2.00. The number of hydrogen-bond donors (Lipinski definition) is 2. The Bertz CT molecular complexity index is 624. The van der Waals surface area contributed by atoms with Crippen LogP contribution in [0.3, 0.4) is 0 Å². The lowest BCUT2D eigenvalue weighted by atomic mass is 9.93. The van der Waals surface area contributed by atoms with Crippen LogP contribution in [0.15, 0.2) is 40.9 Å². The highest BCUT2D eigenvalue weighted by atomic mass is 16.1. The Morgan fingerprint density at radius 3 is 2.48 bits per heavy atom. The van der Waals surface area contributed by atoms with Crippen LogP contribution >= 0.6 is 0 Å². The summed E-state index contributed by atoms with van der Waals surface area (Å²) in [6.07, 6.45) is 4.34. The van der Waals surface area contributed by atoms with Crippen molar-refractivity contribution in [3.05, 3.63) is 41.5 Å². The van der Waals surface area contributed by atoms with E-state index in [0.29, 0.717) is 6.54 Å². The maximum Gasteiger partial charge on any atom is 0.224 e. The molecule has 0 radical (unpaired) electrons. The van der Waals surface area contributed by atoms with Gasteiger partial charge < -0.3 is 16.0 Å². The molecule has 5 nitrogen and oxygen atoms in total. The van der Waals surface area contributed by atoms with Crippen molar-refractivity contribution in [3.8, 4) is 0 Å². The third-order valence-corrected chi connectivity index (χ3v) is 4.50. The largest absolute Gasteiger partial charge is 0.369 e. The molecule has 1 amide bonds. The van der Waals surface area contributed by atoms with Gasteiger partial charge in [0.2, 0.25) is 5.91 Å². The molecular weight excluding hydrogens is 312 g/mol. The summed E-state index contributed by atoms with van der Waals surface area (Å²) in [5.74, 6) is 0.550. The molecule has 1 fully saturated rings. The molecule has 2 rings (SSSR count). The number of primary amides is 1. The molecule has 1 saturated heterocycles. The van der Waals surface area contributed by atoms with E-state index in [-0.39, 0.29) is 5.91 Å². The summed E-state index contributed by atoms with van der Waals surface area (Å²) in [7, 11) is 0. The molecule has 1 aliphatic rings. The van der Waals surface area contributed by atoms with E-state index in [0.717, 1.165) is 38.4 Å². The second-order valence-corrected chi connectivity index (χ2v) is 7.12. The number of carbonyl (C=O) groups excluding carboxylic acids is 1. The van der Waals surface area contributed by atoms with Crippen LogP contribution in [0.25, 0.3) is 6.08 Å². The van der Waals surface area contributed by atoms with E-state index in [4.69, 9.17) is 5.73 Å². The van der Waals surface area contributed by atoms with Crippen molar-refractivity contribution in [1.82, 2.24) is 10.2 Å². The fraction of sp³-hybridized carbons (Fsp3) is 0.500. The standard InChI is InChI=1S/C20H30N4O/c1-4-22-19(23-15-20(2,3)18(21)25)24-12-10-17(11-13-24)14-16-8-6-5-7-9-16/h5-9,14H,4,10-13,15H2,1-3H3,(H2,21,25)(H,22,23). The van der Waals surface area contributed by atoms with Crippen molar-refractivity contribution in [3.63, 3.8) is 0 Å². The summed E-state index contributed by atoms with van der Waals surface area (Å²) in [6, 6.07) is 10.4. The minimum atomic E-state index is -0.630. The van der Waals surface area contributed by atoms with Gasteiger partial charge in [0.15, 0.2) is 5.96 Å². The first-order chi connectivity index (χ1) is 11.9. The monoisotopic (exact) mass is 342 g/mol. The SMILES string of the molecule is CCNC(=NCC(C)(C)C(N)=O)N1CCC(=Cc2ccccc2)CC1. The second-order valence-electron chi connectivity index (χ2n) is 7.12. The summed E-state index contributed by atoms with van der Waals surface area (Å²) in [5, 5.41) is 3.33. The zero-order valence-corrected chi connectivity index (χ0v) is 15.6. The van der Waals surface area contributed by atoms with Crippen LogP contribution in [0.5, 0.6) is 0 Å². The molecule has 5 heteroatoms. The molecule has 1 heterocycles. The van der Waals surface area contributed by atoms with Gasteiger partial charge in [-0.25, -0.2) is 0 Å². The van der Waals surface area contributed by atoms with E-state index >= 15 is 0 Å². The number of nitrogens with two attached hydrogens (primary N) is 1. The van der Waals surface area contributed by atoms with Crippen LogP contribution in [0.2, 0.25) is 0 Å². The number of carbonyl (C=O) groups is 1. The van der Waals surface area contributed by atoms with Gasteiger partial charge in [-0.2, -0.15) is 0 Å². The van der Waals surface area contributed by atoms with Crippen molar-refractivity contribution in [2.24, 2.45) is 16.1 Å². The molecule has 0 saturated carbocycles. The van der Waals surface area contributed by atoms with E-state index in [2.05, 4.69) is 52.5 Å². The van der Waals surface area contributed by atoms with E-state index in [1.165, 1.54) is 11.1 Å². The highest BCUT2D eigenvalue weighted by molar-refractivity contribution is 5.83. The first kappa shape index (κ1) is 19.0. The van der Waals surface area contributed by atoms with Crippen LogP contribution in [-0.4, -0.2) is 42.9 Å². The van der Waals surface area contributed by atoms with Gasteiger partial charge in [-0.15, -0.1) is 0 Å². The maximum atomic E-state index is 11.5. The quantitative estimate of drug-likeness (QED) is 0.638. The van der Waals surface area contributed by atoms with Gasteiger partial charge in [0.1, 0.15) is 0 Å². The van der Waals surface area contributed by atoms with Crippen molar-refractivity contribution in [1.29, 1.82) is 0 Å². The number of nitrogens with one attached hydrogen (secondary N) is 1. The van der Waals surface area contributed by atoms with Crippen molar-refractivity contribution in [2.75, 3.05) is 26.2 Å². The summed E-state index contributed by atoms with van der Waals surface area (Å²) < 4.78 is 0. The average molecular weight is 342 g/mol. The summed E-state index contributed by atoms with van der Waals surface area (Å²) in [5.41, 5.74) is 7.55. The molecule has 0 spiro atoms. The minimum Gasteiger partial charge on any atom is -0.369 e. The number of amides is 1. The van der Waals surface area contributed by atoms with Gasteiger partial charge in [0.25, 0.3) is 0 Å². The fourth-order valence-electron chi connectivity index (χ4n) is 2.71. The molecule has 25 heavy (non-hydrogen) atoms. The molecule has 1 aromatic carbocycles. The highest BCUT2D eigenvalue weighted by Gasteiger charge is 2.25. The molecule has 0 bridgehead atoms. The molecule has 1 aliphatic heterocycles. The molecule has 0 aromatic heterocycles. The van der Waals surface area contributed by atoms with Crippen LogP contribution in [-0.2, 0) is 4.79 Å². The number of rotatable bonds is 5. The highest BCUT2D eigenvalue weighted by Crippen LogP contribution is 2.20. The lowest BCUT2D eigenvalue weighted by Gasteiger charge is -2.32. The van der Waals surface area contributed by atoms with E-state index in [1.807, 2.05) is 19.9 Å². The average Bonchev–Trinajstić information content (AvgIpc) is 2.60. The second kappa shape index (κ2) is 8.70. The Morgan fingerprint density at radius 1 is 1.28 bits per heavy atom. The van der Waals surface area contributed by atoms with Gasteiger partial charge in [0, 0.05) is 19.6 Å². The van der Waals surface area contributed by atoms with Gasteiger partial charge in [-0.1, -0.05) is 42.0 Å². The van der Waals surface area contributed by atoms with Crippen LogP contribution in [0.4, 0.5) is 0 Å². The number of benzene rings is 1. The van der Waals surface area contributed by atoms with Crippen LogP contribution < -0.4 is 11.1 Å². The van der Waals surface area contributed by atoms with Crippen LogP contribution in [0.1, 0.15) is 39.2 Å². The number of piperidine rings is 1. The first-order valence-corrected chi connectivity index (χ1v) is 9.00. The zero-order valence-electron chi connectivity index (χ0n) is 15.6. The number of guanidine groups is 1. The maximum absolute atomic E-state index is 11.5. The van der Waals surface area contributed by atoms with Gasteiger partial charge >= 0.3 is 0 Å². The van der Waals surface area contributed by atoms with E-state index in [1.54, 1.807) is 0 Å². The summed E-state index contributed by atoms with van der Waals surface area (Å²) >= 11 is 0. The Hall–Kier alpha value is -2.30. The van der Waals surface area contributed by atoms with E-state index in [9.17, 15) is 4.79 Å². The zero-order chi connectivity index (χ0) is 18.3. The van der Waals surface area contributed by atoms with Crippen molar-refractivity contribution in [2.45, 2.75) is 33.6 Å². The molecule has 0 unspecified atom stereocenters. The summed E-state index contributed by atoms with van der Waals surface area (Å²) in [6.45, 7) is 8.79. The predicted octanol–water partition coefficient (Wildman–Crippen LogP) is 2.64. The topological polar surface area (TPSA) is 70.7 Å². The minimum absolute atomic E-state index is 0.321. The lowest BCUT2D eigenvalue weighted by molar-refractivity contribution is -0.125. The number of hydrogen-bond acceptors (Lipinski definition) is 2. The van der Waals surface area contributed by atoms with E-state index < -0.39 is 5.41 Å². The first-order valence-electron chi connectivity index (χ1n) is 9.00. The fourth-order valence-corrected chi connectivity index (χ4v) is 2.71. The number of aliphatic imine (C=N–C) groups is 1. The number of nitrogens with zero attached hydrogens (tertiary/aromatic N) is 2. The Kier molecular flexibility index (Phi) is 6.62. The summed E-state index contributed by atoms with van der Waals surface area (Å²) in [4.78, 5) is 18.4. The predicted molar refractivity (Wildman–Crippen MR) is 104 cm³/mol. The van der Waals surface area contributed by atoms with Gasteiger partial charge in [-0.05, 0) is 39.2 Å². The number of likely N-dealkylation sites (tertiary alicyclic amines) is 1.